The van der Waals surface area contributed by atoms with Crippen LogP contribution >= 0.6 is 0 Å². The van der Waals surface area contributed by atoms with Crippen molar-refractivity contribution in [3.63, 3.8) is 0 Å². The lowest BCUT2D eigenvalue weighted by atomic mass is 9.64. The first kappa shape index (κ1) is 26.0. The maximum absolute atomic E-state index is 4.54. The van der Waals surface area contributed by atoms with E-state index in [2.05, 4.69) is 167 Å². The molecule has 1 aliphatic heterocycles. The number of aromatic nitrogens is 3. The lowest BCUT2D eigenvalue weighted by Crippen LogP contribution is -2.36. The molecule has 2 aromatic heterocycles. The van der Waals surface area contributed by atoms with Crippen LogP contribution in [0.4, 0.5) is 17.1 Å². The second-order valence-corrected chi connectivity index (χ2v) is 12.3. The van der Waals surface area contributed by atoms with Crippen molar-refractivity contribution in [3.05, 3.63) is 192 Å². The van der Waals surface area contributed by atoms with E-state index in [-0.39, 0.29) is 0 Å². The van der Waals surface area contributed by atoms with Crippen LogP contribution in [0.15, 0.2) is 170 Å². The molecule has 0 radical (unpaired) electrons. The van der Waals surface area contributed by atoms with Gasteiger partial charge in [0.2, 0.25) is 0 Å². The van der Waals surface area contributed by atoms with Gasteiger partial charge in [0.05, 0.1) is 22.3 Å². The summed E-state index contributed by atoms with van der Waals surface area (Å²) in [4.78, 5) is 2.42. The molecule has 8 aromatic rings. The average Bonchev–Trinajstić information content (AvgIpc) is 3.70. The molecule has 220 valence electrons. The largest absolute Gasteiger partial charge is 0.310 e. The maximum atomic E-state index is 4.54. The molecule has 0 N–H and O–H groups in total. The number of benzene rings is 6. The van der Waals surface area contributed by atoms with Crippen LogP contribution in [0.2, 0.25) is 0 Å². The Bertz CT molecular complexity index is 2450. The molecule has 0 saturated carbocycles. The first-order valence-electron chi connectivity index (χ1n) is 16.0. The fourth-order valence-corrected chi connectivity index (χ4v) is 8.04. The summed E-state index contributed by atoms with van der Waals surface area (Å²) in [6, 6.07) is 59.4. The van der Waals surface area contributed by atoms with E-state index in [0.717, 1.165) is 28.0 Å². The summed E-state index contributed by atoms with van der Waals surface area (Å²) in [6.07, 6.45) is 1.94. The highest BCUT2D eigenvalue weighted by Gasteiger charge is 2.51. The van der Waals surface area contributed by atoms with Gasteiger partial charge in [0.25, 0.3) is 0 Å². The summed E-state index contributed by atoms with van der Waals surface area (Å²) in [6.45, 7) is 0. The Hall–Kier alpha value is -6.26. The third-order valence-electron chi connectivity index (χ3n) is 9.95. The van der Waals surface area contributed by atoms with Crippen molar-refractivity contribution >= 4 is 22.6 Å². The predicted octanol–water partition coefficient (Wildman–Crippen LogP) is 10.2. The van der Waals surface area contributed by atoms with Gasteiger partial charge in [-0.3, -0.25) is 0 Å². The van der Waals surface area contributed by atoms with Crippen LogP contribution < -0.4 is 4.90 Å². The summed E-state index contributed by atoms with van der Waals surface area (Å²) in [5.41, 5.74) is 16.1. The van der Waals surface area contributed by atoms with E-state index in [4.69, 9.17) is 0 Å². The third-order valence-corrected chi connectivity index (χ3v) is 9.95. The Morgan fingerprint density at radius 3 is 1.89 bits per heavy atom. The molecule has 0 fully saturated rings. The van der Waals surface area contributed by atoms with E-state index in [1.165, 1.54) is 50.3 Å². The number of hydrogen-bond donors (Lipinski definition) is 0. The van der Waals surface area contributed by atoms with Crippen LogP contribution in [0.3, 0.4) is 0 Å². The fourth-order valence-electron chi connectivity index (χ4n) is 8.04. The van der Waals surface area contributed by atoms with Gasteiger partial charge in [0.1, 0.15) is 5.69 Å². The smallest absolute Gasteiger partial charge is 0.120 e. The quantitative estimate of drug-likeness (QED) is 0.202. The molecule has 0 bridgehead atoms. The maximum Gasteiger partial charge on any atom is 0.120 e. The minimum atomic E-state index is -0.484. The molecule has 1 aliphatic carbocycles. The molecule has 3 heterocycles. The number of anilines is 3. The van der Waals surface area contributed by atoms with E-state index in [0.29, 0.717) is 0 Å². The van der Waals surface area contributed by atoms with Crippen molar-refractivity contribution in [2.75, 3.05) is 4.90 Å². The first-order valence-corrected chi connectivity index (χ1v) is 16.0. The highest BCUT2D eigenvalue weighted by Crippen LogP contribution is 2.63. The minimum absolute atomic E-state index is 0.484. The van der Waals surface area contributed by atoms with Crippen LogP contribution in [-0.2, 0) is 5.41 Å². The van der Waals surface area contributed by atoms with Gasteiger partial charge >= 0.3 is 0 Å². The van der Waals surface area contributed by atoms with Gasteiger partial charge in [0, 0.05) is 17.4 Å². The van der Waals surface area contributed by atoms with Crippen LogP contribution in [0.1, 0.15) is 22.3 Å². The zero-order valence-corrected chi connectivity index (χ0v) is 25.5. The molecule has 0 saturated heterocycles. The fraction of sp³-hybridized carbons (Fsp3) is 0.0233. The molecule has 0 unspecified atom stereocenters. The highest BCUT2D eigenvalue weighted by molar-refractivity contribution is 5.96. The Balaban J connectivity index is 1.23. The summed E-state index contributed by atoms with van der Waals surface area (Å²) < 4.78 is 1.83. The van der Waals surface area contributed by atoms with E-state index in [1.807, 2.05) is 22.8 Å². The standard InChI is InChI=1S/C43H28N4/c1-2-15-32(16-3-1)47-39-21-8-6-19-36(39)43(37-20-7-9-22-40(37)47)35-18-5-4-17-33(35)34-25-24-30(28-38(34)43)29-13-12-14-31(27-29)42-41-23-10-11-26-46(41)45-44-42/h1-28H. The van der Waals surface area contributed by atoms with Crippen molar-refractivity contribution in [1.82, 2.24) is 14.8 Å². The lowest BCUT2D eigenvalue weighted by molar-refractivity contribution is 0.753. The molecule has 2 aliphatic rings. The number of rotatable bonds is 3. The van der Waals surface area contributed by atoms with Gasteiger partial charge in [-0.1, -0.05) is 120 Å². The summed E-state index contributed by atoms with van der Waals surface area (Å²) >= 11 is 0. The normalized spacial score (nSPS) is 13.7. The molecule has 6 aromatic carbocycles. The zero-order valence-electron chi connectivity index (χ0n) is 25.5. The zero-order chi connectivity index (χ0) is 31.0. The van der Waals surface area contributed by atoms with Gasteiger partial charge in [-0.05, 0) is 93.0 Å². The SMILES string of the molecule is c1ccc(N2c3ccccc3C3(c4ccccc4-c4ccc(-c5cccc(-c6nnn7ccccc67)c5)cc43)c3ccccc32)cc1. The number of hydrogen-bond acceptors (Lipinski definition) is 3. The van der Waals surface area contributed by atoms with Crippen LogP contribution in [0.25, 0.3) is 39.0 Å². The Labute approximate surface area is 272 Å². The molecule has 47 heavy (non-hydrogen) atoms. The Morgan fingerprint density at radius 1 is 0.447 bits per heavy atom. The molecule has 4 heteroatoms. The summed E-state index contributed by atoms with van der Waals surface area (Å²) in [5, 5.41) is 8.90. The molecule has 10 rings (SSSR count). The second kappa shape index (κ2) is 9.87. The van der Waals surface area contributed by atoms with Crippen molar-refractivity contribution in [1.29, 1.82) is 0 Å². The number of para-hydroxylation sites is 3. The molecular weight excluding hydrogens is 573 g/mol. The van der Waals surface area contributed by atoms with Crippen molar-refractivity contribution in [3.8, 4) is 33.5 Å². The van der Waals surface area contributed by atoms with Gasteiger partial charge in [-0.25, -0.2) is 4.52 Å². The monoisotopic (exact) mass is 600 g/mol. The molecule has 4 nitrogen and oxygen atoms in total. The molecule has 0 atom stereocenters. The van der Waals surface area contributed by atoms with E-state index >= 15 is 0 Å². The Kier molecular flexibility index (Phi) is 5.46. The van der Waals surface area contributed by atoms with E-state index in [1.54, 1.807) is 0 Å². The predicted molar refractivity (Wildman–Crippen MR) is 189 cm³/mol. The van der Waals surface area contributed by atoms with E-state index < -0.39 is 5.41 Å². The van der Waals surface area contributed by atoms with Gasteiger partial charge in [0.15, 0.2) is 0 Å². The van der Waals surface area contributed by atoms with Crippen molar-refractivity contribution < 1.29 is 0 Å². The van der Waals surface area contributed by atoms with Crippen LogP contribution in [0.5, 0.6) is 0 Å². The van der Waals surface area contributed by atoms with E-state index in [9.17, 15) is 0 Å². The highest BCUT2D eigenvalue weighted by atomic mass is 15.4. The number of pyridine rings is 1. The van der Waals surface area contributed by atoms with Crippen molar-refractivity contribution in [2.45, 2.75) is 5.41 Å². The number of fused-ring (bicyclic) bond motifs is 10. The minimum Gasteiger partial charge on any atom is -0.310 e. The first-order chi connectivity index (χ1) is 23.3. The van der Waals surface area contributed by atoms with Gasteiger partial charge in [-0.15, -0.1) is 5.10 Å². The summed E-state index contributed by atoms with van der Waals surface area (Å²) in [7, 11) is 0. The third kappa shape index (κ3) is 3.58. The topological polar surface area (TPSA) is 33.4 Å². The number of nitrogens with zero attached hydrogens (tertiary/aromatic N) is 4. The average molecular weight is 601 g/mol. The van der Waals surface area contributed by atoms with Crippen LogP contribution in [-0.4, -0.2) is 14.8 Å². The molecule has 1 spiro atoms. The van der Waals surface area contributed by atoms with Gasteiger partial charge in [-0.2, -0.15) is 0 Å². The lowest BCUT2D eigenvalue weighted by Gasteiger charge is -2.45. The Morgan fingerprint density at radius 2 is 1.09 bits per heavy atom. The molecular formula is C43H28N4. The second-order valence-electron chi connectivity index (χ2n) is 12.3. The molecule has 0 amide bonds. The van der Waals surface area contributed by atoms with Gasteiger partial charge < -0.3 is 4.90 Å². The summed E-state index contributed by atoms with van der Waals surface area (Å²) in [5.74, 6) is 0. The van der Waals surface area contributed by atoms with Crippen molar-refractivity contribution in [2.24, 2.45) is 0 Å². The van der Waals surface area contributed by atoms with Crippen LogP contribution in [0, 0.1) is 0 Å².